The maximum Gasteiger partial charge on any atom is 0.266 e. The molecule has 3 nitrogen and oxygen atoms in total. The third-order valence-electron chi connectivity index (χ3n) is 6.70. The number of amides is 1. The third kappa shape index (κ3) is 10.3. The number of unbranched alkanes of at least 4 members (excludes halogenated alkanes) is 13. The van der Waals surface area contributed by atoms with E-state index < -0.39 is 0 Å². The second kappa shape index (κ2) is 17.2. The SMILES string of the molecule is CCCCCCCCCCCCCCCCN1C(=O)/C(=C/c2ccccc2)SC1=Nc1ccccc1. The molecule has 0 unspecified atom stereocenters. The summed E-state index contributed by atoms with van der Waals surface area (Å²) >= 11 is 1.49. The van der Waals surface area contributed by atoms with Gasteiger partial charge in [0.05, 0.1) is 10.6 Å². The fourth-order valence-electron chi connectivity index (χ4n) is 4.57. The summed E-state index contributed by atoms with van der Waals surface area (Å²) in [6.07, 6.45) is 20.7. The summed E-state index contributed by atoms with van der Waals surface area (Å²) in [7, 11) is 0. The molecule has 1 aliphatic rings. The van der Waals surface area contributed by atoms with Crippen molar-refractivity contribution >= 4 is 34.6 Å². The van der Waals surface area contributed by atoms with Crippen molar-refractivity contribution in [3.63, 3.8) is 0 Å². The highest BCUT2D eigenvalue weighted by atomic mass is 32.2. The van der Waals surface area contributed by atoms with Gasteiger partial charge in [0, 0.05) is 6.54 Å². The minimum absolute atomic E-state index is 0.0771. The van der Waals surface area contributed by atoms with E-state index in [1.54, 1.807) is 0 Å². The predicted octanol–water partition coefficient (Wildman–Crippen LogP) is 9.77. The Morgan fingerprint density at radius 2 is 1.19 bits per heavy atom. The summed E-state index contributed by atoms with van der Waals surface area (Å²) in [6, 6.07) is 20.0. The van der Waals surface area contributed by atoms with Crippen LogP contribution in [0, 0.1) is 0 Å². The number of hydrogen-bond acceptors (Lipinski definition) is 3. The first kappa shape index (κ1) is 28.2. The zero-order valence-corrected chi connectivity index (χ0v) is 23.0. The molecule has 2 aromatic rings. The molecule has 0 radical (unpaired) electrons. The van der Waals surface area contributed by atoms with Gasteiger partial charge >= 0.3 is 0 Å². The van der Waals surface area contributed by atoms with Crippen molar-refractivity contribution in [1.82, 2.24) is 4.90 Å². The largest absolute Gasteiger partial charge is 0.286 e. The lowest BCUT2D eigenvalue weighted by Gasteiger charge is -2.15. The van der Waals surface area contributed by atoms with E-state index in [1.807, 2.05) is 71.6 Å². The normalized spacial score (nSPS) is 15.9. The van der Waals surface area contributed by atoms with E-state index in [4.69, 9.17) is 4.99 Å². The Morgan fingerprint density at radius 3 is 1.75 bits per heavy atom. The molecule has 0 spiro atoms. The molecule has 0 aliphatic carbocycles. The number of carbonyl (C=O) groups is 1. The van der Waals surface area contributed by atoms with Gasteiger partial charge in [-0.3, -0.25) is 9.69 Å². The van der Waals surface area contributed by atoms with Crippen LogP contribution >= 0.6 is 11.8 Å². The second-order valence-corrected chi connectivity index (χ2v) is 10.8. The molecule has 1 aliphatic heterocycles. The molecule has 0 saturated carbocycles. The number of benzene rings is 2. The van der Waals surface area contributed by atoms with Crippen LogP contribution in [0.1, 0.15) is 102 Å². The van der Waals surface area contributed by atoms with Crippen LogP contribution in [0.3, 0.4) is 0 Å². The number of nitrogens with zero attached hydrogens (tertiary/aromatic N) is 2. The summed E-state index contributed by atoms with van der Waals surface area (Å²) in [4.78, 5) is 20.7. The minimum atomic E-state index is 0.0771. The van der Waals surface area contributed by atoms with Crippen molar-refractivity contribution in [3.05, 3.63) is 71.1 Å². The van der Waals surface area contributed by atoms with Crippen molar-refractivity contribution in [3.8, 4) is 0 Å². The molecule has 0 bridgehead atoms. The van der Waals surface area contributed by atoms with E-state index in [2.05, 4.69) is 6.92 Å². The molecule has 2 aromatic carbocycles. The maximum absolute atomic E-state index is 13.2. The van der Waals surface area contributed by atoms with Gasteiger partial charge in [0.15, 0.2) is 5.17 Å². The summed E-state index contributed by atoms with van der Waals surface area (Å²) in [5.74, 6) is 0.0771. The first-order valence-electron chi connectivity index (χ1n) is 14.2. The highest BCUT2D eigenvalue weighted by Gasteiger charge is 2.32. The van der Waals surface area contributed by atoms with Gasteiger partial charge in [-0.05, 0) is 42.0 Å². The van der Waals surface area contributed by atoms with Gasteiger partial charge in [-0.1, -0.05) is 139 Å². The van der Waals surface area contributed by atoms with Crippen LogP contribution in [-0.2, 0) is 4.79 Å². The Kier molecular flexibility index (Phi) is 13.5. The molecule has 36 heavy (non-hydrogen) atoms. The van der Waals surface area contributed by atoms with E-state index in [1.165, 1.54) is 95.2 Å². The first-order chi connectivity index (χ1) is 17.8. The average molecular weight is 505 g/mol. The molecule has 1 saturated heterocycles. The van der Waals surface area contributed by atoms with Gasteiger partial charge in [0.1, 0.15) is 0 Å². The van der Waals surface area contributed by atoms with Gasteiger partial charge in [0.25, 0.3) is 5.91 Å². The number of thioether (sulfide) groups is 1. The number of carbonyl (C=O) groups excluding carboxylic acids is 1. The topological polar surface area (TPSA) is 32.7 Å². The van der Waals surface area contributed by atoms with E-state index >= 15 is 0 Å². The van der Waals surface area contributed by atoms with Crippen LogP contribution < -0.4 is 0 Å². The number of hydrogen-bond donors (Lipinski definition) is 0. The Bertz CT molecular complexity index is 939. The molecule has 194 valence electrons. The molecule has 4 heteroatoms. The van der Waals surface area contributed by atoms with Crippen LogP contribution in [0.15, 0.2) is 70.6 Å². The molecule has 0 atom stereocenters. The molecular formula is C32H44N2OS. The van der Waals surface area contributed by atoms with Crippen molar-refractivity contribution < 1.29 is 4.79 Å². The molecule has 1 heterocycles. The molecular weight excluding hydrogens is 460 g/mol. The molecule has 1 fully saturated rings. The number of para-hydroxylation sites is 1. The van der Waals surface area contributed by atoms with Crippen LogP contribution in [0.5, 0.6) is 0 Å². The van der Waals surface area contributed by atoms with Crippen molar-refractivity contribution in [1.29, 1.82) is 0 Å². The van der Waals surface area contributed by atoms with Gasteiger partial charge in [0.2, 0.25) is 0 Å². The first-order valence-corrected chi connectivity index (χ1v) is 15.0. The Labute approximate surface area is 223 Å². The quantitative estimate of drug-likeness (QED) is 0.159. The van der Waals surface area contributed by atoms with Gasteiger partial charge in [-0.15, -0.1) is 0 Å². The third-order valence-corrected chi connectivity index (χ3v) is 7.71. The van der Waals surface area contributed by atoms with Crippen LogP contribution in [0.2, 0.25) is 0 Å². The summed E-state index contributed by atoms with van der Waals surface area (Å²) in [5, 5.41) is 0.795. The van der Waals surface area contributed by atoms with E-state index in [9.17, 15) is 4.79 Å². The lowest BCUT2D eigenvalue weighted by molar-refractivity contribution is -0.122. The fourth-order valence-corrected chi connectivity index (χ4v) is 5.59. The van der Waals surface area contributed by atoms with E-state index in [0.29, 0.717) is 0 Å². The number of rotatable bonds is 17. The fraction of sp³-hybridized carbons (Fsp3) is 0.500. The second-order valence-electron chi connectivity index (χ2n) is 9.80. The van der Waals surface area contributed by atoms with E-state index in [0.717, 1.165) is 34.3 Å². The maximum atomic E-state index is 13.2. The summed E-state index contributed by atoms with van der Waals surface area (Å²) < 4.78 is 0. The van der Waals surface area contributed by atoms with Crippen LogP contribution in [0.25, 0.3) is 6.08 Å². The average Bonchev–Trinajstić information content (AvgIpc) is 3.18. The van der Waals surface area contributed by atoms with Crippen LogP contribution in [0.4, 0.5) is 5.69 Å². The lowest BCUT2D eigenvalue weighted by atomic mass is 10.0. The number of aliphatic imine (C=N–C) groups is 1. The zero-order valence-electron chi connectivity index (χ0n) is 22.2. The molecule has 0 N–H and O–H groups in total. The van der Waals surface area contributed by atoms with Gasteiger partial charge in [-0.2, -0.15) is 0 Å². The van der Waals surface area contributed by atoms with Gasteiger partial charge < -0.3 is 0 Å². The number of amidine groups is 1. The summed E-state index contributed by atoms with van der Waals surface area (Å²) in [5.41, 5.74) is 1.94. The summed E-state index contributed by atoms with van der Waals surface area (Å²) in [6.45, 7) is 3.02. The van der Waals surface area contributed by atoms with Gasteiger partial charge in [-0.25, -0.2) is 4.99 Å². The smallest absolute Gasteiger partial charge is 0.266 e. The molecule has 0 aromatic heterocycles. The minimum Gasteiger partial charge on any atom is -0.286 e. The highest BCUT2D eigenvalue weighted by molar-refractivity contribution is 8.18. The Hall–Kier alpha value is -2.33. The Morgan fingerprint density at radius 1 is 0.694 bits per heavy atom. The van der Waals surface area contributed by atoms with Crippen molar-refractivity contribution in [2.75, 3.05) is 6.54 Å². The monoisotopic (exact) mass is 504 g/mol. The standard InChI is InChI=1S/C32H44N2OS/c1-2-3-4-5-6-7-8-9-10-11-12-13-14-21-26-34-31(35)30(27-28-22-17-15-18-23-28)36-32(34)33-29-24-19-16-20-25-29/h15-20,22-25,27H,2-14,21,26H2,1H3/b30-27-,33-32?. The molecule has 3 rings (SSSR count). The lowest BCUT2D eigenvalue weighted by Crippen LogP contribution is -2.30. The van der Waals surface area contributed by atoms with Crippen molar-refractivity contribution in [2.24, 2.45) is 4.99 Å². The van der Waals surface area contributed by atoms with Crippen molar-refractivity contribution in [2.45, 2.75) is 96.8 Å². The van der Waals surface area contributed by atoms with Crippen LogP contribution in [-0.4, -0.2) is 22.5 Å². The zero-order chi connectivity index (χ0) is 25.3. The van der Waals surface area contributed by atoms with E-state index in [-0.39, 0.29) is 5.91 Å². The predicted molar refractivity (Wildman–Crippen MR) is 158 cm³/mol. The molecule has 1 amide bonds. The highest BCUT2D eigenvalue weighted by Crippen LogP contribution is 2.34. The Balaban J connectivity index is 1.39.